The molecular weight excluding hydrogens is 427 g/mol. The number of carbonyl (C=O) groups excluding carboxylic acids is 1. The fourth-order valence-electron chi connectivity index (χ4n) is 3.99. The number of ether oxygens (including phenoxy) is 1. The molecule has 0 atom stereocenters. The molecule has 2 aromatic heterocycles. The molecule has 4 aromatic rings. The minimum Gasteiger partial charge on any atom is -0.448 e. The molecule has 2 aromatic carbocycles. The summed E-state index contributed by atoms with van der Waals surface area (Å²) in [6, 6.07) is 11.0. The van der Waals surface area contributed by atoms with E-state index in [-0.39, 0.29) is 23.8 Å². The van der Waals surface area contributed by atoms with Crippen molar-refractivity contribution in [2.75, 3.05) is 11.4 Å². The number of para-hydroxylation sites is 1. The van der Waals surface area contributed by atoms with Gasteiger partial charge in [0.2, 0.25) is 11.5 Å². The van der Waals surface area contributed by atoms with Gasteiger partial charge in [0.05, 0.1) is 6.33 Å². The molecule has 0 spiro atoms. The van der Waals surface area contributed by atoms with Gasteiger partial charge < -0.3 is 14.1 Å². The number of furan rings is 1. The van der Waals surface area contributed by atoms with E-state index in [2.05, 4.69) is 9.72 Å². The number of aryl methyl sites for hydroxylation is 1. The van der Waals surface area contributed by atoms with E-state index in [1.807, 2.05) is 6.07 Å². The van der Waals surface area contributed by atoms with Crippen LogP contribution in [-0.2, 0) is 17.8 Å². The molecule has 5 rings (SSSR count). The smallest absolute Gasteiger partial charge is 0.448 e. The number of hydrogen-bond acceptors (Lipinski definition) is 5. The van der Waals surface area contributed by atoms with Crippen LogP contribution in [0.15, 0.2) is 58.0 Å². The van der Waals surface area contributed by atoms with Gasteiger partial charge in [0, 0.05) is 17.6 Å². The summed E-state index contributed by atoms with van der Waals surface area (Å²) in [5.74, 6) is -0.712. The molecule has 0 bridgehead atoms. The number of halogens is 3. The lowest BCUT2D eigenvalue weighted by atomic mass is 10.0. The first-order valence-electron chi connectivity index (χ1n) is 9.86. The van der Waals surface area contributed by atoms with Gasteiger partial charge >= 0.3 is 6.36 Å². The zero-order valence-electron chi connectivity index (χ0n) is 16.6. The van der Waals surface area contributed by atoms with Crippen LogP contribution in [-0.4, -0.2) is 28.4 Å². The highest BCUT2D eigenvalue weighted by Crippen LogP contribution is 2.33. The lowest BCUT2D eigenvalue weighted by molar-refractivity contribution is -0.274. The Balaban J connectivity index is 1.43. The number of benzene rings is 2. The first-order chi connectivity index (χ1) is 15.3. The highest BCUT2D eigenvalue weighted by atomic mass is 19.4. The Kier molecular flexibility index (Phi) is 4.65. The number of amides is 1. The van der Waals surface area contributed by atoms with Gasteiger partial charge in [-0.3, -0.25) is 14.2 Å². The van der Waals surface area contributed by atoms with Gasteiger partial charge in [-0.2, -0.15) is 0 Å². The molecule has 32 heavy (non-hydrogen) atoms. The molecule has 1 aliphatic heterocycles. The number of carbonyl (C=O) groups is 1. The molecule has 0 N–H and O–H groups in total. The molecule has 0 aliphatic carbocycles. The van der Waals surface area contributed by atoms with Gasteiger partial charge in [0.15, 0.2) is 0 Å². The summed E-state index contributed by atoms with van der Waals surface area (Å²) in [6.45, 7) is 0.111. The Morgan fingerprint density at radius 2 is 2.00 bits per heavy atom. The third-order valence-electron chi connectivity index (χ3n) is 5.36. The van der Waals surface area contributed by atoms with Crippen LogP contribution >= 0.6 is 0 Å². The van der Waals surface area contributed by atoms with Gasteiger partial charge in [-0.05, 0) is 48.7 Å². The van der Waals surface area contributed by atoms with Crippen molar-refractivity contribution in [2.24, 2.45) is 0 Å². The SMILES string of the molecule is O=C(Cn1cnc2c(oc3ccccc32)c1=O)N1CCCc2cc(OC(F)(F)F)ccc21. The molecule has 1 aliphatic rings. The first kappa shape index (κ1) is 20.1. The Morgan fingerprint density at radius 3 is 2.81 bits per heavy atom. The maximum atomic E-state index is 13.0. The second-order valence-corrected chi connectivity index (χ2v) is 7.44. The van der Waals surface area contributed by atoms with Gasteiger partial charge in [0.1, 0.15) is 23.4 Å². The Hall–Kier alpha value is -3.82. The topological polar surface area (TPSA) is 77.6 Å². The standard InChI is InChI=1S/C22H16F3N3O4/c23-22(24,25)32-14-7-8-16-13(10-14)4-3-9-28(16)18(29)11-27-12-26-19-15-5-1-2-6-17(15)31-20(19)21(27)30/h1-2,5-8,10,12H,3-4,9,11H2. The molecule has 1 amide bonds. The molecule has 0 radical (unpaired) electrons. The average Bonchev–Trinajstić information content (AvgIpc) is 3.13. The molecule has 0 fully saturated rings. The second-order valence-electron chi connectivity index (χ2n) is 7.44. The van der Waals surface area contributed by atoms with Crippen LogP contribution in [0.1, 0.15) is 12.0 Å². The fourth-order valence-corrected chi connectivity index (χ4v) is 3.99. The van der Waals surface area contributed by atoms with Crippen molar-refractivity contribution in [3.8, 4) is 5.75 Å². The monoisotopic (exact) mass is 443 g/mol. The van der Waals surface area contributed by atoms with Gasteiger partial charge in [-0.25, -0.2) is 4.98 Å². The van der Waals surface area contributed by atoms with Gasteiger partial charge in [-0.15, -0.1) is 13.2 Å². The lowest BCUT2D eigenvalue weighted by Crippen LogP contribution is -2.39. The molecule has 3 heterocycles. The Bertz CT molecular complexity index is 1410. The highest BCUT2D eigenvalue weighted by molar-refractivity contribution is 6.02. The van der Waals surface area contributed by atoms with Crippen molar-refractivity contribution in [3.05, 3.63) is 64.7 Å². The fraction of sp³-hybridized carbons (Fsp3) is 0.227. The molecule has 164 valence electrons. The minimum absolute atomic E-state index is 0.0643. The van der Waals surface area contributed by atoms with E-state index in [1.54, 1.807) is 18.2 Å². The van der Waals surface area contributed by atoms with E-state index in [4.69, 9.17) is 4.42 Å². The maximum Gasteiger partial charge on any atom is 0.573 e. The second kappa shape index (κ2) is 7.40. The number of alkyl halides is 3. The molecular formula is C22H16F3N3O4. The third kappa shape index (κ3) is 3.57. The van der Waals surface area contributed by atoms with Crippen molar-refractivity contribution in [1.29, 1.82) is 0 Å². The highest BCUT2D eigenvalue weighted by Gasteiger charge is 2.32. The van der Waals surface area contributed by atoms with Crippen molar-refractivity contribution in [3.63, 3.8) is 0 Å². The number of nitrogens with zero attached hydrogens (tertiary/aromatic N) is 3. The van der Waals surface area contributed by atoms with Crippen molar-refractivity contribution in [1.82, 2.24) is 9.55 Å². The predicted octanol–water partition coefficient (Wildman–Crippen LogP) is 4.02. The zero-order chi connectivity index (χ0) is 22.5. The molecule has 7 nitrogen and oxygen atoms in total. The summed E-state index contributed by atoms with van der Waals surface area (Å²) in [4.78, 5) is 31.6. The maximum absolute atomic E-state index is 13.0. The number of hydrogen-bond donors (Lipinski definition) is 0. The zero-order valence-corrected chi connectivity index (χ0v) is 16.6. The minimum atomic E-state index is -4.79. The number of rotatable bonds is 3. The molecule has 0 saturated carbocycles. The first-order valence-corrected chi connectivity index (χ1v) is 9.86. The Labute approximate surface area is 178 Å². The molecule has 0 saturated heterocycles. The van der Waals surface area contributed by atoms with Crippen LogP contribution in [0.4, 0.5) is 18.9 Å². The summed E-state index contributed by atoms with van der Waals surface area (Å²) < 4.78 is 48.3. The van der Waals surface area contributed by atoms with Crippen LogP contribution in [0.2, 0.25) is 0 Å². The van der Waals surface area contributed by atoms with Gasteiger partial charge in [-0.1, -0.05) is 12.1 Å². The number of fused-ring (bicyclic) bond motifs is 4. The van der Waals surface area contributed by atoms with E-state index in [1.165, 1.54) is 34.0 Å². The van der Waals surface area contributed by atoms with Crippen molar-refractivity contribution >= 4 is 33.7 Å². The predicted molar refractivity (Wildman–Crippen MR) is 110 cm³/mol. The molecule has 0 unspecified atom stereocenters. The van der Waals surface area contributed by atoms with E-state index in [0.717, 1.165) is 0 Å². The lowest BCUT2D eigenvalue weighted by Gasteiger charge is -2.30. The van der Waals surface area contributed by atoms with E-state index >= 15 is 0 Å². The average molecular weight is 443 g/mol. The quantitative estimate of drug-likeness (QED) is 0.478. The normalized spacial score (nSPS) is 14.0. The number of aromatic nitrogens is 2. The van der Waals surface area contributed by atoms with Crippen molar-refractivity contribution in [2.45, 2.75) is 25.7 Å². The van der Waals surface area contributed by atoms with Crippen LogP contribution < -0.4 is 15.2 Å². The van der Waals surface area contributed by atoms with E-state index in [0.29, 0.717) is 47.1 Å². The van der Waals surface area contributed by atoms with Crippen LogP contribution in [0.3, 0.4) is 0 Å². The van der Waals surface area contributed by atoms with Gasteiger partial charge in [0.25, 0.3) is 5.56 Å². The summed E-state index contributed by atoms with van der Waals surface area (Å²) in [6.07, 6.45) is -2.40. The largest absolute Gasteiger partial charge is 0.573 e. The summed E-state index contributed by atoms with van der Waals surface area (Å²) in [7, 11) is 0. The molecule has 10 heteroatoms. The van der Waals surface area contributed by atoms with E-state index in [9.17, 15) is 22.8 Å². The van der Waals surface area contributed by atoms with Crippen LogP contribution in [0.25, 0.3) is 22.1 Å². The summed E-state index contributed by atoms with van der Waals surface area (Å²) >= 11 is 0. The van der Waals surface area contributed by atoms with Crippen LogP contribution in [0, 0.1) is 0 Å². The summed E-state index contributed by atoms with van der Waals surface area (Å²) in [5, 5.41) is 0.708. The van der Waals surface area contributed by atoms with Crippen molar-refractivity contribution < 1.29 is 27.1 Å². The summed E-state index contributed by atoms with van der Waals surface area (Å²) in [5.41, 5.74) is 1.61. The number of anilines is 1. The Morgan fingerprint density at radius 1 is 1.19 bits per heavy atom. The van der Waals surface area contributed by atoms with Crippen LogP contribution in [0.5, 0.6) is 5.75 Å². The third-order valence-corrected chi connectivity index (χ3v) is 5.36. The van der Waals surface area contributed by atoms with E-state index < -0.39 is 11.9 Å².